The Morgan fingerprint density at radius 1 is 1.07 bits per heavy atom. The van der Waals surface area contributed by atoms with E-state index in [-0.39, 0.29) is 5.37 Å². The Balaban J connectivity index is 1.48. The highest BCUT2D eigenvalue weighted by Crippen LogP contribution is 2.33. The first-order chi connectivity index (χ1) is 14.7. The quantitative estimate of drug-likeness (QED) is 0.317. The normalized spacial score (nSPS) is 14.5. The van der Waals surface area contributed by atoms with Crippen molar-refractivity contribution in [2.45, 2.75) is 24.0 Å². The number of benzene rings is 1. The van der Waals surface area contributed by atoms with Gasteiger partial charge in [-0.1, -0.05) is 60.6 Å². The molecule has 154 valence electrons. The van der Waals surface area contributed by atoms with Crippen LogP contribution >= 0.6 is 23.7 Å². The van der Waals surface area contributed by atoms with Crippen molar-refractivity contribution >= 4 is 29.4 Å². The number of hydrogen-bond donors (Lipinski definition) is 2. The van der Waals surface area contributed by atoms with Gasteiger partial charge < -0.3 is 14.9 Å². The number of thioether (sulfide) groups is 1. The van der Waals surface area contributed by atoms with Crippen LogP contribution in [0.4, 0.5) is 0 Å². The summed E-state index contributed by atoms with van der Waals surface area (Å²) in [5, 5.41) is 0.583. The Morgan fingerprint density at radius 3 is 2.63 bits per heavy atom. The smallest absolute Gasteiger partial charge is 0.109 e. The summed E-state index contributed by atoms with van der Waals surface area (Å²) in [5.41, 5.74) is 10.9. The number of nitrogens with one attached hydrogen (secondary N) is 1. The van der Waals surface area contributed by atoms with Crippen molar-refractivity contribution < 1.29 is 0 Å². The van der Waals surface area contributed by atoms with Gasteiger partial charge in [-0.25, -0.2) is 4.72 Å². The zero-order valence-corrected chi connectivity index (χ0v) is 18.4. The van der Waals surface area contributed by atoms with Crippen molar-refractivity contribution in [3.8, 4) is 5.69 Å². The van der Waals surface area contributed by atoms with Gasteiger partial charge in [-0.05, 0) is 55.3 Å². The van der Waals surface area contributed by atoms with Crippen LogP contribution in [0.5, 0.6) is 0 Å². The van der Waals surface area contributed by atoms with E-state index in [0.29, 0.717) is 5.03 Å². The molecule has 2 aromatic heterocycles. The molecular weight excluding hydrogens is 408 g/mol. The second-order valence-electron chi connectivity index (χ2n) is 7.00. The van der Waals surface area contributed by atoms with Crippen LogP contribution in [0, 0.1) is 0 Å². The summed E-state index contributed by atoms with van der Waals surface area (Å²) in [6.45, 7) is 3.90. The number of aromatic nitrogens is 2. The van der Waals surface area contributed by atoms with E-state index >= 15 is 0 Å². The van der Waals surface area contributed by atoms with Gasteiger partial charge in [0.15, 0.2) is 0 Å². The number of para-hydroxylation sites is 1. The summed E-state index contributed by atoms with van der Waals surface area (Å²) in [7, 11) is 0. The number of allylic oxidation sites excluding steroid dienone is 4. The number of nitrogens with zero attached hydrogens (tertiary/aromatic N) is 2. The second-order valence-corrected chi connectivity index (χ2v) is 9.05. The molecule has 1 aliphatic rings. The minimum atomic E-state index is -0.0112. The molecule has 0 bridgehead atoms. The molecule has 1 atom stereocenters. The molecule has 0 aliphatic heterocycles. The summed E-state index contributed by atoms with van der Waals surface area (Å²) in [6.07, 6.45) is 13.0. The highest BCUT2D eigenvalue weighted by Gasteiger charge is 2.18. The molecule has 3 N–H and O–H groups in total. The lowest BCUT2D eigenvalue weighted by Gasteiger charge is -2.21. The first-order valence-corrected chi connectivity index (χ1v) is 11.8. The monoisotopic (exact) mass is 434 g/mol. The molecule has 0 spiro atoms. The van der Waals surface area contributed by atoms with Crippen molar-refractivity contribution in [1.29, 1.82) is 0 Å². The van der Waals surface area contributed by atoms with Crippen LogP contribution in [-0.4, -0.2) is 9.13 Å². The van der Waals surface area contributed by atoms with Crippen molar-refractivity contribution in [2.24, 2.45) is 5.73 Å². The van der Waals surface area contributed by atoms with Gasteiger partial charge >= 0.3 is 0 Å². The standard InChI is InChI=1S/C24H26N4S2/c1-19(25)30-24(23-15-9-17-28(23)21-12-6-3-7-13-21)26-29-18-22-14-8-16-27(22)20-10-4-2-5-11-20/h2-4,6-10,12-17,24,26H,1,5,11,18,25H2. The average molecular weight is 435 g/mol. The average Bonchev–Trinajstić information content (AvgIpc) is 3.44. The highest BCUT2D eigenvalue weighted by molar-refractivity contribution is 8.04. The van der Waals surface area contributed by atoms with E-state index in [1.54, 1.807) is 11.9 Å². The topological polar surface area (TPSA) is 47.9 Å². The van der Waals surface area contributed by atoms with Gasteiger partial charge in [0, 0.05) is 35.2 Å². The largest absolute Gasteiger partial charge is 0.394 e. The van der Waals surface area contributed by atoms with E-state index < -0.39 is 0 Å². The molecule has 6 heteroatoms. The minimum absolute atomic E-state index is 0.0112. The summed E-state index contributed by atoms with van der Waals surface area (Å²) in [5.74, 6) is 0.855. The molecule has 0 amide bonds. The molecule has 1 unspecified atom stereocenters. The summed E-state index contributed by atoms with van der Waals surface area (Å²) in [6, 6.07) is 18.8. The Bertz CT molecular complexity index is 1050. The van der Waals surface area contributed by atoms with Crippen molar-refractivity contribution in [3.63, 3.8) is 0 Å². The number of rotatable bonds is 9. The van der Waals surface area contributed by atoms with E-state index in [4.69, 9.17) is 5.73 Å². The fraction of sp³-hybridized carbons (Fsp3) is 0.167. The van der Waals surface area contributed by atoms with Crippen LogP contribution in [-0.2, 0) is 5.75 Å². The van der Waals surface area contributed by atoms with E-state index in [9.17, 15) is 0 Å². The van der Waals surface area contributed by atoms with Gasteiger partial charge in [0.1, 0.15) is 5.37 Å². The fourth-order valence-corrected chi connectivity index (χ4v) is 5.27. The molecule has 1 aromatic carbocycles. The highest BCUT2D eigenvalue weighted by atomic mass is 32.2. The van der Waals surface area contributed by atoms with Gasteiger partial charge in [0.2, 0.25) is 0 Å². The summed E-state index contributed by atoms with van der Waals surface area (Å²) in [4.78, 5) is 0. The van der Waals surface area contributed by atoms with Gasteiger partial charge in [0.25, 0.3) is 0 Å². The Hall–Kier alpha value is -2.54. The molecule has 0 saturated carbocycles. The predicted molar refractivity (Wildman–Crippen MR) is 131 cm³/mol. The Kier molecular flexibility index (Phi) is 6.89. The van der Waals surface area contributed by atoms with Crippen LogP contribution in [0.15, 0.2) is 96.8 Å². The lowest BCUT2D eigenvalue weighted by atomic mass is 10.1. The lowest BCUT2D eigenvalue weighted by Crippen LogP contribution is -2.16. The Labute approximate surface area is 186 Å². The fourth-order valence-electron chi connectivity index (χ4n) is 3.52. The van der Waals surface area contributed by atoms with E-state index in [1.807, 2.05) is 6.07 Å². The van der Waals surface area contributed by atoms with Gasteiger partial charge in [-0.3, -0.25) is 0 Å². The van der Waals surface area contributed by atoms with Crippen LogP contribution in [0.25, 0.3) is 11.4 Å². The molecule has 4 rings (SSSR count). The van der Waals surface area contributed by atoms with Crippen LogP contribution in [0.1, 0.15) is 29.6 Å². The molecule has 0 saturated heterocycles. The third-order valence-corrected chi connectivity index (χ3v) is 6.79. The molecule has 1 aliphatic carbocycles. The predicted octanol–water partition coefficient (Wildman–Crippen LogP) is 6.07. The van der Waals surface area contributed by atoms with E-state index in [1.165, 1.54) is 23.2 Å². The second kappa shape index (κ2) is 9.98. The molecule has 2 heterocycles. The molecule has 0 radical (unpaired) electrons. The summed E-state index contributed by atoms with van der Waals surface area (Å²) >= 11 is 3.23. The minimum Gasteiger partial charge on any atom is -0.394 e. The Morgan fingerprint density at radius 2 is 1.87 bits per heavy atom. The first kappa shape index (κ1) is 20.7. The molecule has 0 fully saturated rings. The third kappa shape index (κ3) is 4.95. The zero-order valence-electron chi connectivity index (χ0n) is 16.8. The maximum absolute atomic E-state index is 5.97. The van der Waals surface area contributed by atoms with Crippen molar-refractivity contribution in [3.05, 3.63) is 108 Å². The van der Waals surface area contributed by atoms with Crippen molar-refractivity contribution in [2.75, 3.05) is 0 Å². The molecular formula is C24H26N4S2. The molecule has 4 nitrogen and oxygen atoms in total. The van der Waals surface area contributed by atoms with Crippen LogP contribution < -0.4 is 10.5 Å². The first-order valence-electron chi connectivity index (χ1n) is 9.96. The maximum Gasteiger partial charge on any atom is 0.109 e. The summed E-state index contributed by atoms with van der Waals surface area (Å²) < 4.78 is 8.09. The lowest BCUT2D eigenvalue weighted by molar-refractivity contribution is 0.846. The van der Waals surface area contributed by atoms with Gasteiger partial charge in [-0.15, -0.1) is 0 Å². The zero-order chi connectivity index (χ0) is 20.8. The number of nitrogens with two attached hydrogens (primary N) is 1. The number of hydrogen-bond acceptors (Lipinski definition) is 4. The van der Waals surface area contributed by atoms with Gasteiger partial charge in [0.05, 0.1) is 10.7 Å². The van der Waals surface area contributed by atoms with Crippen molar-refractivity contribution in [1.82, 2.24) is 13.9 Å². The molecule has 3 aromatic rings. The maximum atomic E-state index is 5.97. The van der Waals surface area contributed by atoms with E-state index in [2.05, 4.69) is 99.6 Å². The molecule has 30 heavy (non-hydrogen) atoms. The van der Waals surface area contributed by atoms with Crippen LogP contribution in [0.3, 0.4) is 0 Å². The van der Waals surface area contributed by atoms with Gasteiger partial charge in [-0.2, -0.15) is 0 Å². The third-order valence-electron chi connectivity index (χ3n) is 4.90. The van der Waals surface area contributed by atoms with Crippen LogP contribution in [0.2, 0.25) is 0 Å². The van der Waals surface area contributed by atoms with E-state index in [0.717, 1.165) is 30.0 Å². The SMILES string of the molecule is C=C(N)SC(NSCc1cccn1C1=CC=CCC1)c1cccn1-c1ccccc1.